The van der Waals surface area contributed by atoms with Gasteiger partial charge in [-0.25, -0.2) is 4.79 Å². The van der Waals surface area contributed by atoms with Crippen LogP contribution in [0.2, 0.25) is 0 Å². The van der Waals surface area contributed by atoms with E-state index in [-0.39, 0.29) is 30.2 Å². The number of rotatable bonds is 5. The number of ether oxygens (including phenoxy) is 1. The number of likely N-dealkylation sites (tertiary alicyclic amines) is 2. The first-order valence-electron chi connectivity index (χ1n) is 9.92. The summed E-state index contributed by atoms with van der Waals surface area (Å²) in [6, 6.07) is 6.32. The summed E-state index contributed by atoms with van der Waals surface area (Å²) in [6.07, 6.45) is -1.07. The fraction of sp³-hybridized carbons (Fsp3) is 0.600. The Morgan fingerprint density at radius 3 is 2.38 bits per heavy atom. The second kappa shape index (κ2) is 9.37. The summed E-state index contributed by atoms with van der Waals surface area (Å²) in [5.41, 5.74) is 0.666. The van der Waals surface area contributed by atoms with Crippen LogP contribution in [0.4, 0.5) is 18.0 Å². The van der Waals surface area contributed by atoms with Gasteiger partial charge in [-0.1, -0.05) is 12.1 Å². The Bertz CT molecular complexity index is 712. The quantitative estimate of drug-likeness (QED) is 0.807. The summed E-state index contributed by atoms with van der Waals surface area (Å²) in [4.78, 5) is 28.5. The van der Waals surface area contributed by atoms with E-state index in [0.717, 1.165) is 25.9 Å². The molecule has 1 aromatic carbocycles. The van der Waals surface area contributed by atoms with Crippen molar-refractivity contribution >= 4 is 11.9 Å². The largest absolute Gasteiger partial charge is 0.484 e. The zero-order chi connectivity index (χ0) is 20.9. The minimum Gasteiger partial charge on any atom is -0.484 e. The van der Waals surface area contributed by atoms with E-state index in [4.69, 9.17) is 4.74 Å². The van der Waals surface area contributed by atoms with Crippen molar-refractivity contribution in [2.75, 3.05) is 32.8 Å². The molecule has 3 amide bonds. The topological polar surface area (TPSA) is 61.9 Å². The van der Waals surface area contributed by atoms with Crippen LogP contribution in [0.25, 0.3) is 0 Å². The Kier molecular flexibility index (Phi) is 6.87. The maximum Gasteiger partial charge on any atom is 0.422 e. The van der Waals surface area contributed by atoms with E-state index in [1.807, 2.05) is 9.80 Å². The van der Waals surface area contributed by atoms with Crippen molar-refractivity contribution in [1.82, 2.24) is 15.1 Å². The summed E-state index contributed by atoms with van der Waals surface area (Å²) in [7, 11) is 0. The molecule has 2 heterocycles. The van der Waals surface area contributed by atoms with Gasteiger partial charge < -0.3 is 19.9 Å². The van der Waals surface area contributed by atoms with Gasteiger partial charge in [0.1, 0.15) is 5.75 Å². The molecule has 0 bridgehead atoms. The van der Waals surface area contributed by atoms with Crippen LogP contribution in [0.3, 0.4) is 0 Å². The van der Waals surface area contributed by atoms with Gasteiger partial charge in [-0.3, -0.25) is 4.79 Å². The molecule has 2 fully saturated rings. The van der Waals surface area contributed by atoms with Gasteiger partial charge in [-0.2, -0.15) is 13.2 Å². The smallest absolute Gasteiger partial charge is 0.422 e. The molecule has 29 heavy (non-hydrogen) atoms. The van der Waals surface area contributed by atoms with Gasteiger partial charge in [0, 0.05) is 38.6 Å². The number of carbonyl (C=O) groups excluding carboxylic acids is 2. The molecule has 2 saturated heterocycles. The van der Waals surface area contributed by atoms with E-state index < -0.39 is 12.8 Å². The Labute approximate surface area is 168 Å². The molecule has 3 rings (SSSR count). The first kappa shape index (κ1) is 21.3. The van der Waals surface area contributed by atoms with Gasteiger partial charge in [0.15, 0.2) is 6.61 Å². The standard InChI is InChI=1S/C20H26F3N3O3/c21-20(22,23)14-29-17-5-3-4-15(12-17)13-24-18(27)16-6-10-26(11-7-16)19(28)25-8-1-2-9-25/h3-5,12,16H,1-2,6-11,13-14H2,(H,24,27). The van der Waals surface area contributed by atoms with Gasteiger partial charge in [0.05, 0.1) is 0 Å². The predicted octanol–water partition coefficient (Wildman–Crippen LogP) is 3.17. The van der Waals surface area contributed by atoms with Crippen molar-refractivity contribution in [3.63, 3.8) is 0 Å². The lowest BCUT2D eigenvalue weighted by atomic mass is 9.96. The monoisotopic (exact) mass is 413 g/mol. The van der Waals surface area contributed by atoms with E-state index in [0.29, 0.717) is 31.5 Å². The van der Waals surface area contributed by atoms with Crippen LogP contribution >= 0.6 is 0 Å². The third kappa shape index (κ3) is 6.27. The number of halogens is 3. The van der Waals surface area contributed by atoms with Crippen LogP contribution in [-0.2, 0) is 11.3 Å². The second-order valence-corrected chi connectivity index (χ2v) is 7.51. The summed E-state index contributed by atoms with van der Waals surface area (Å²) >= 11 is 0. The molecule has 2 aliphatic heterocycles. The molecule has 0 spiro atoms. The van der Waals surface area contributed by atoms with Crippen molar-refractivity contribution in [2.45, 2.75) is 38.4 Å². The lowest BCUT2D eigenvalue weighted by Gasteiger charge is -2.34. The third-order valence-electron chi connectivity index (χ3n) is 5.28. The van der Waals surface area contributed by atoms with E-state index in [1.54, 1.807) is 12.1 Å². The lowest BCUT2D eigenvalue weighted by Crippen LogP contribution is -2.47. The summed E-state index contributed by atoms with van der Waals surface area (Å²) < 4.78 is 41.5. The van der Waals surface area contributed by atoms with E-state index in [2.05, 4.69) is 5.32 Å². The van der Waals surface area contributed by atoms with E-state index >= 15 is 0 Å². The minimum atomic E-state index is -4.39. The molecule has 0 saturated carbocycles. The van der Waals surface area contributed by atoms with E-state index in [1.165, 1.54) is 12.1 Å². The average molecular weight is 413 g/mol. The van der Waals surface area contributed by atoms with Gasteiger partial charge in [-0.05, 0) is 43.4 Å². The molecule has 2 aliphatic rings. The molecule has 1 N–H and O–H groups in total. The highest BCUT2D eigenvalue weighted by molar-refractivity contribution is 5.79. The molecule has 0 aromatic heterocycles. The Morgan fingerprint density at radius 2 is 1.72 bits per heavy atom. The summed E-state index contributed by atoms with van der Waals surface area (Å²) in [6.45, 7) is 1.62. The average Bonchev–Trinajstić information content (AvgIpc) is 3.25. The number of nitrogens with zero attached hydrogens (tertiary/aromatic N) is 2. The molecule has 9 heteroatoms. The van der Waals surface area contributed by atoms with Crippen LogP contribution in [0.1, 0.15) is 31.2 Å². The van der Waals surface area contributed by atoms with Crippen molar-refractivity contribution in [3.05, 3.63) is 29.8 Å². The fourth-order valence-corrected chi connectivity index (χ4v) is 3.69. The number of benzene rings is 1. The number of carbonyl (C=O) groups is 2. The molecule has 0 aliphatic carbocycles. The molecule has 0 atom stereocenters. The minimum absolute atomic E-state index is 0.0667. The number of hydrogen-bond acceptors (Lipinski definition) is 3. The van der Waals surface area contributed by atoms with Crippen molar-refractivity contribution < 1.29 is 27.5 Å². The first-order chi connectivity index (χ1) is 13.8. The van der Waals surface area contributed by atoms with Crippen LogP contribution in [0.5, 0.6) is 5.75 Å². The SMILES string of the molecule is O=C(NCc1cccc(OCC(F)(F)F)c1)C1CCN(C(=O)N2CCCC2)CC1. The Morgan fingerprint density at radius 1 is 1.07 bits per heavy atom. The van der Waals surface area contributed by atoms with Gasteiger partial charge in [0.25, 0.3) is 0 Å². The highest BCUT2D eigenvalue weighted by Crippen LogP contribution is 2.21. The maximum atomic E-state index is 12.4. The van der Waals surface area contributed by atoms with Crippen LogP contribution in [-0.4, -0.2) is 60.7 Å². The van der Waals surface area contributed by atoms with Crippen molar-refractivity contribution in [1.29, 1.82) is 0 Å². The highest BCUT2D eigenvalue weighted by Gasteiger charge is 2.30. The highest BCUT2D eigenvalue weighted by atomic mass is 19.4. The Hall–Kier alpha value is -2.45. The molecular weight excluding hydrogens is 387 g/mol. The van der Waals surface area contributed by atoms with E-state index in [9.17, 15) is 22.8 Å². The molecule has 1 aromatic rings. The number of nitrogens with one attached hydrogen (secondary N) is 1. The molecule has 0 unspecified atom stereocenters. The predicted molar refractivity (Wildman–Crippen MR) is 100 cm³/mol. The lowest BCUT2D eigenvalue weighted by molar-refractivity contribution is -0.153. The van der Waals surface area contributed by atoms with Crippen LogP contribution in [0, 0.1) is 5.92 Å². The normalized spacial score (nSPS) is 18.0. The van der Waals surface area contributed by atoms with Crippen molar-refractivity contribution in [3.8, 4) is 5.75 Å². The van der Waals surface area contributed by atoms with Crippen LogP contribution in [0.15, 0.2) is 24.3 Å². The number of amides is 3. The molecule has 160 valence electrons. The number of piperidine rings is 1. The zero-order valence-electron chi connectivity index (χ0n) is 16.2. The molecule has 6 nitrogen and oxygen atoms in total. The van der Waals surface area contributed by atoms with Crippen LogP contribution < -0.4 is 10.1 Å². The summed E-state index contributed by atoms with van der Waals surface area (Å²) in [5, 5.41) is 2.84. The second-order valence-electron chi connectivity index (χ2n) is 7.51. The molecular formula is C20H26F3N3O3. The first-order valence-corrected chi connectivity index (χ1v) is 9.92. The fourth-order valence-electron chi connectivity index (χ4n) is 3.69. The maximum absolute atomic E-state index is 12.4. The Balaban J connectivity index is 1.42. The van der Waals surface area contributed by atoms with Gasteiger partial charge in [0.2, 0.25) is 5.91 Å². The molecule has 0 radical (unpaired) electrons. The third-order valence-corrected chi connectivity index (χ3v) is 5.28. The number of urea groups is 1. The van der Waals surface area contributed by atoms with Gasteiger partial charge in [-0.15, -0.1) is 0 Å². The zero-order valence-corrected chi connectivity index (χ0v) is 16.2. The number of hydrogen-bond donors (Lipinski definition) is 1. The van der Waals surface area contributed by atoms with Gasteiger partial charge >= 0.3 is 12.2 Å². The van der Waals surface area contributed by atoms with Crippen molar-refractivity contribution in [2.24, 2.45) is 5.92 Å². The summed E-state index contributed by atoms with van der Waals surface area (Å²) in [5.74, 6) is -0.148. The number of alkyl halides is 3.